The summed E-state index contributed by atoms with van der Waals surface area (Å²) >= 11 is 0. The van der Waals surface area contributed by atoms with E-state index in [1.54, 1.807) is 12.2 Å². The molecule has 3 rings (SSSR count). The van der Waals surface area contributed by atoms with Crippen LogP contribution in [0.25, 0.3) is 6.08 Å². The summed E-state index contributed by atoms with van der Waals surface area (Å²) in [5, 5.41) is 0. The molecule has 0 aliphatic carbocycles. The average Bonchev–Trinajstić information content (AvgIpc) is 2.89. The number of hydrogen-bond acceptors (Lipinski definition) is 3. The van der Waals surface area contributed by atoms with E-state index in [1.165, 1.54) is 0 Å². The zero-order chi connectivity index (χ0) is 15.2. The minimum atomic E-state index is -0.399. The highest BCUT2D eigenvalue weighted by atomic mass is 16.6. The van der Waals surface area contributed by atoms with Gasteiger partial charge in [-0.15, -0.1) is 0 Å². The van der Waals surface area contributed by atoms with Gasteiger partial charge in [0.2, 0.25) is 5.90 Å². The Balaban J connectivity index is 1.70. The summed E-state index contributed by atoms with van der Waals surface area (Å²) in [5.74, 6) is 0.0409. The van der Waals surface area contributed by atoms with Crippen molar-refractivity contribution in [2.24, 2.45) is 4.99 Å². The smallest absolute Gasteiger partial charge is 0.363 e. The van der Waals surface area contributed by atoms with Crippen molar-refractivity contribution in [3.63, 3.8) is 0 Å². The summed E-state index contributed by atoms with van der Waals surface area (Å²) in [6, 6.07) is 19.7. The van der Waals surface area contributed by atoms with E-state index in [2.05, 4.69) is 4.99 Å². The van der Waals surface area contributed by atoms with Gasteiger partial charge in [-0.1, -0.05) is 72.8 Å². The van der Waals surface area contributed by atoms with Crippen LogP contribution in [0, 0.1) is 0 Å². The fourth-order valence-electron chi connectivity index (χ4n) is 2.13. The van der Waals surface area contributed by atoms with Crippen LogP contribution in [-0.4, -0.2) is 11.9 Å². The maximum atomic E-state index is 11.8. The molecule has 0 unspecified atom stereocenters. The molecule has 0 bridgehead atoms. The first-order chi connectivity index (χ1) is 10.8. The highest BCUT2D eigenvalue weighted by Gasteiger charge is 2.22. The van der Waals surface area contributed by atoms with E-state index in [4.69, 9.17) is 4.74 Å². The molecule has 1 aliphatic rings. The number of esters is 1. The van der Waals surface area contributed by atoms with Crippen LogP contribution in [0.3, 0.4) is 0 Å². The van der Waals surface area contributed by atoms with Crippen LogP contribution in [0.15, 0.2) is 83.5 Å². The molecule has 0 aromatic heterocycles. The molecule has 0 saturated carbocycles. The van der Waals surface area contributed by atoms with Gasteiger partial charge in [-0.3, -0.25) is 0 Å². The lowest BCUT2D eigenvalue weighted by Crippen LogP contribution is -2.06. The van der Waals surface area contributed by atoms with Crippen molar-refractivity contribution in [2.75, 3.05) is 0 Å². The normalized spacial score (nSPS) is 16.1. The number of carbonyl (C=O) groups excluding carboxylic acids is 1. The fraction of sp³-hybridized carbons (Fsp3) is 0.0526. The van der Waals surface area contributed by atoms with E-state index in [0.717, 1.165) is 11.1 Å². The number of benzene rings is 2. The third-order valence-electron chi connectivity index (χ3n) is 3.21. The number of aliphatic imine (C=N–C) groups is 1. The standard InChI is InChI=1S/C19H15NO2/c21-19-17(13-7-12-15-8-3-1-4-9-15)20-18(22-19)14-16-10-5-2-6-11-16/h1-13H,14H2/b12-7+,17-13+. The SMILES string of the molecule is O=C1OC(Cc2ccccc2)=N/C1=C/C=C/c1ccccc1. The second-order valence-corrected chi connectivity index (χ2v) is 4.88. The van der Waals surface area contributed by atoms with Gasteiger partial charge in [-0.25, -0.2) is 9.79 Å². The topological polar surface area (TPSA) is 38.7 Å². The van der Waals surface area contributed by atoms with E-state index >= 15 is 0 Å². The van der Waals surface area contributed by atoms with Crippen LogP contribution in [0.1, 0.15) is 11.1 Å². The molecule has 0 amide bonds. The van der Waals surface area contributed by atoms with Crippen molar-refractivity contribution in [3.8, 4) is 0 Å². The summed E-state index contributed by atoms with van der Waals surface area (Å²) in [6.45, 7) is 0. The molecule has 2 aromatic carbocycles. The molecule has 108 valence electrons. The van der Waals surface area contributed by atoms with Crippen molar-refractivity contribution in [3.05, 3.63) is 89.6 Å². The van der Waals surface area contributed by atoms with Crippen LogP contribution in [-0.2, 0) is 16.0 Å². The molecule has 0 fully saturated rings. The van der Waals surface area contributed by atoms with Crippen LogP contribution >= 0.6 is 0 Å². The minimum absolute atomic E-state index is 0.332. The van der Waals surface area contributed by atoms with Gasteiger partial charge in [0.05, 0.1) is 0 Å². The van der Waals surface area contributed by atoms with Gasteiger partial charge in [0, 0.05) is 6.42 Å². The van der Waals surface area contributed by atoms with E-state index in [1.807, 2.05) is 66.7 Å². The first kappa shape index (κ1) is 14.0. The first-order valence-corrected chi connectivity index (χ1v) is 7.08. The predicted molar refractivity (Wildman–Crippen MR) is 87.2 cm³/mol. The second kappa shape index (κ2) is 6.68. The summed E-state index contributed by atoms with van der Waals surface area (Å²) in [5.41, 5.74) is 2.47. The molecular weight excluding hydrogens is 274 g/mol. The summed E-state index contributed by atoms with van der Waals surface area (Å²) < 4.78 is 5.19. The summed E-state index contributed by atoms with van der Waals surface area (Å²) in [6.07, 6.45) is 5.92. The monoisotopic (exact) mass is 289 g/mol. The van der Waals surface area contributed by atoms with Crippen molar-refractivity contribution < 1.29 is 9.53 Å². The molecule has 2 aromatic rings. The maximum Gasteiger partial charge on any atom is 0.363 e. The van der Waals surface area contributed by atoms with Crippen molar-refractivity contribution in [2.45, 2.75) is 6.42 Å². The van der Waals surface area contributed by atoms with Gasteiger partial charge in [-0.2, -0.15) is 0 Å². The molecule has 1 aliphatic heterocycles. The Morgan fingerprint density at radius 1 is 0.955 bits per heavy atom. The third-order valence-corrected chi connectivity index (χ3v) is 3.21. The van der Waals surface area contributed by atoms with E-state index in [0.29, 0.717) is 18.0 Å². The average molecular weight is 289 g/mol. The molecule has 1 heterocycles. The van der Waals surface area contributed by atoms with Gasteiger partial charge >= 0.3 is 5.97 Å². The van der Waals surface area contributed by atoms with Gasteiger partial charge in [0.25, 0.3) is 0 Å². The van der Waals surface area contributed by atoms with Crippen LogP contribution in [0.2, 0.25) is 0 Å². The Kier molecular flexibility index (Phi) is 4.25. The molecule has 0 spiro atoms. The van der Waals surface area contributed by atoms with E-state index in [-0.39, 0.29) is 0 Å². The molecular formula is C19H15NO2. The largest absolute Gasteiger partial charge is 0.406 e. The van der Waals surface area contributed by atoms with Crippen LogP contribution in [0.5, 0.6) is 0 Å². The Morgan fingerprint density at radius 2 is 1.64 bits per heavy atom. The number of allylic oxidation sites excluding steroid dienone is 2. The van der Waals surface area contributed by atoms with Crippen molar-refractivity contribution >= 4 is 17.9 Å². The van der Waals surface area contributed by atoms with E-state index < -0.39 is 5.97 Å². The molecule has 3 heteroatoms. The van der Waals surface area contributed by atoms with Gasteiger partial charge in [-0.05, 0) is 17.2 Å². The quantitative estimate of drug-likeness (QED) is 0.634. The van der Waals surface area contributed by atoms with Gasteiger partial charge in [0.1, 0.15) is 0 Å². The van der Waals surface area contributed by atoms with Crippen molar-refractivity contribution in [1.82, 2.24) is 0 Å². The zero-order valence-corrected chi connectivity index (χ0v) is 12.0. The lowest BCUT2D eigenvalue weighted by atomic mass is 10.1. The highest BCUT2D eigenvalue weighted by molar-refractivity contribution is 6.05. The number of rotatable bonds is 4. The Hall–Kier alpha value is -2.94. The Bertz CT molecular complexity index is 744. The summed E-state index contributed by atoms with van der Waals surface area (Å²) in [7, 11) is 0. The lowest BCUT2D eigenvalue weighted by Gasteiger charge is -1.98. The third kappa shape index (κ3) is 3.58. The minimum Gasteiger partial charge on any atom is -0.406 e. The lowest BCUT2D eigenvalue weighted by molar-refractivity contribution is -0.130. The number of cyclic esters (lactones) is 1. The second-order valence-electron chi connectivity index (χ2n) is 4.88. The van der Waals surface area contributed by atoms with Gasteiger partial charge in [0.15, 0.2) is 5.70 Å². The molecule has 22 heavy (non-hydrogen) atoms. The van der Waals surface area contributed by atoms with Gasteiger partial charge < -0.3 is 4.74 Å². The molecule has 0 atom stereocenters. The Morgan fingerprint density at radius 3 is 2.36 bits per heavy atom. The Labute approximate surface area is 129 Å². The predicted octanol–water partition coefficient (Wildman–Crippen LogP) is 3.78. The maximum absolute atomic E-state index is 11.8. The molecule has 3 nitrogen and oxygen atoms in total. The number of hydrogen-bond donors (Lipinski definition) is 0. The number of ether oxygens (including phenoxy) is 1. The molecule has 0 saturated heterocycles. The molecule has 0 N–H and O–H groups in total. The van der Waals surface area contributed by atoms with E-state index in [9.17, 15) is 4.79 Å². The van der Waals surface area contributed by atoms with Crippen LogP contribution in [0.4, 0.5) is 0 Å². The highest BCUT2D eigenvalue weighted by Crippen LogP contribution is 2.14. The zero-order valence-electron chi connectivity index (χ0n) is 12.0. The fourth-order valence-corrected chi connectivity index (χ4v) is 2.13. The first-order valence-electron chi connectivity index (χ1n) is 7.08. The summed E-state index contributed by atoms with van der Waals surface area (Å²) in [4.78, 5) is 16.0. The number of carbonyl (C=O) groups is 1. The molecule has 0 radical (unpaired) electrons. The number of nitrogens with zero attached hydrogens (tertiary/aromatic N) is 1. The van der Waals surface area contributed by atoms with Crippen molar-refractivity contribution in [1.29, 1.82) is 0 Å². The van der Waals surface area contributed by atoms with Crippen LogP contribution < -0.4 is 0 Å².